The van der Waals surface area contributed by atoms with Crippen LogP contribution in [0.3, 0.4) is 0 Å². The Morgan fingerprint density at radius 2 is 1.71 bits per heavy atom. The zero-order valence-corrected chi connectivity index (χ0v) is 19.6. The van der Waals surface area contributed by atoms with Crippen molar-refractivity contribution in [2.24, 2.45) is 5.92 Å². The summed E-state index contributed by atoms with van der Waals surface area (Å²) in [5, 5.41) is 8.92. The van der Waals surface area contributed by atoms with Crippen LogP contribution in [0.2, 0.25) is 0 Å². The maximum absolute atomic E-state index is 12.7. The zero-order valence-electron chi connectivity index (χ0n) is 19.6. The number of rotatable bonds is 8. The fraction of sp³-hybridized carbons (Fsp3) is 0.500. The minimum absolute atomic E-state index is 0.157. The van der Waals surface area contributed by atoms with Gasteiger partial charge in [0.1, 0.15) is 5.76 Å². The molecule has 0 bridgehead atoms. The number of furan rings is 1. The van der Waals surface area contributed by atoms with E-state index in [0.29, 0.717) is 17.0 Å². The number of piperidine rings is 1. The van der Waals surface area contributed by atoms with E-state index in [2.05, 4.69) is 20.9 Å². The molecule has 1 saturated carbocycles. The molecule has 0 atom stereocenters. The lowest BCUT2D eigenvalue weighted by Gasteiger charge is -2.33. The topological polar surface area (TPSA) is 104 Å². The van der Waals surface area contributed by atoms with E-state index in [4.69, 9.17) is 4.42 Å². The Bertz CT molecular complexity index is 961. The van der Waals surface area contributed by atoms with Crippen molar-refractivity contribution in [1.29, 1.82) is 0 Å². The first-order chi connectivity index (χ1) is 16.6. The maximum atomic E-state index is 12.7. The lowest BCUT2D eigenvalue weighted by atomic mass is 9.88. The monoisotopic (exact) mass is 466 g/mol. The minimum Gasteiger partial charge on any atom is -0.467 e. The quantitative estimate of drug-likeness (QED) is 0.554. The van der Waals surface area contributed by atoms with E-state index in [1.54, 1.807) is 42.7 Å². The number of carbonyl (C=O) groups is 3. The van der Waals surface area contributed by atoms with Crippen molar-refractivity contribution in [2.75, 3.05) is 25.0 Å². The smallest absolute Gasteiger partial charge is 0.253 e. The van der Waals surface area contributed by atoms with Crippen molar-refractivity contribution < 1.29 is 18.8 Å². The van der Waals surface area contributed by atoms with E-state index in [0.717, 1.165) is 51.6 Å². The fourth-order valence-electron chi connectivity index (χ4n) is 4.78. The second-order valence-electron chi connectivity index (χ2n) is 9.25. The first-order valence-electron chi connectivity index (χ1n) is 12.3. The van der Waals surface area contributed by atoms with Gasteiger partial charge in [-0.15, -0.1) is 0 Å². The highest BCUT2D eigenvalue weighted by molar-refractivity contribution is 6.04. The van der Waals surface area contributed by atoms with Crippen LogP contribution in [-0.2, 0) is 16.1 Å². The molecule has 2 fully saturated rings. The molecule has 4 rings (SSSR count). The highest BCUT2D eigenvalue weighted by atomic mass is 16.3. The summed E-state index contributed by atoms with van der Waals surface area (Å²) in [6.07, 6.45) is 8.81. The van der Waals surface area contributed by atoms with Gasteiger partial charge in [-0.2, -0.15) is 0 Å². The second kappa shape index (κ2) is 11.8. The number of hydrogen-bond donors (Lipinski definition) is 3. The zero-order chi connectivity index (χ0) is 23.8. The van der Waals surface area contributed by atoms with Gasteiger partial charge in [0.05, 0.1) is 30.6 Å². The Hall–Kier alpha value is -3.13. The Morgan fingerprint density at radius 3 is 2.44 bits per heavy atom. The van der Waals surface area contributed by atoms with Gasteiger partial charge in [-0.3, -0.25) is 19.3 Å². The molecule has 1 aromatic carbocycles. The van der Waals surface area contributed by atoms with Gasteiger partial charge in [0.2, 0.25) is 11.8 Å². The fourth-order valence-corrected chi connectivity index (χ4v) is 4.78. The molecule has 182 valence electrons. The molecule has 0 unspecified atom stereocenters. The van der Waals surface area contributed by atoms with Crippen LogP contribution in [0.15, 0.2) is 47.1 Å². The molecule has 0 radical (unpaired) electrons. The lowest BCUT2D eigenvalue weighted by molar-refractivity contribution is -0.127. The van der Waals surface area contributed by atoms with Crippen molar-refractivity contribution in [3.05, 3.63) is 54.0 Å². The molecule has 8 nitrogen and oxygen atoms in total. The summed E-state index contributed by atoms with van der Waals surface area (Å²) in [4.78, 5) is 39.9. The average molecular weight is 467 g/mol. The van der Waals surface area contributed by atoms with E-state index in [1.165, 1.54) is 6.42 Å². The molecule has 0 spiro atoms. The van der Waals surface area contributed by atoms with Crippen LogP contribution in [0.25, 0.3) is 0 Å². The third-order valence-electron chi connectivity index (χ3n) is 6.73. The number of likely N-dealkylation sites (tertiary alicyclic amines) is 1. The van der Waals surface area contributed by atoms with Crippen molar-refractivity contribution in [3.8, 4) is 0 Å². The van der Waals surface area contributed by atoms with Crippen LogP contribution >= 0.6 is 0 Å². The molecule has 2 aliphatic rings. The SMILES string of the molecule is O=C(CN1CCC(NC(=O)C2CCCCC2)CC1)Nc1ccccc1C(=O)NCc1ccco1. The summed E-state index contributed by atoms with van der Waals surface area (Å²) < 4.78 is 5.25. The second-order valence-corrected chi connectivity index (χ2v) is 9.25. The lowest BCUT2D eigenvalue weighted by Crippen LogP contribution is -2.48. The summed E-state index contributed by atoms with van der Waals surface area (Å²) >= 11 is 0. The molecule has 34 heavy (non-hydrogen) atoms. The highest BCUT2D eigenvalue weighted by Crippen LogP contribution is 2.24. The molecule has 3 amide bonds. The van der Waals surface area contributed by atoms with Gasteiger partial charge in [0.15, 0.2) is 0 Å². The molecule has 1 aliphatic carbocycles. The number of nitrogens with zero attached hydrogens (tertiary/aromatic N) is 1. The molecule has 8 heteroatoms. The number of amides is 3. The number of nitrogens with one attached hydrogen (secondary N) is 3. The van der Waals surface area contributed by atoms with Crippen molar-refractivity contribution >= 4 is 23.4 Å². The van der Waals surface area contributed by atoms with Crippen LogP contribution in [-0.4, -0.2) is 48.3 Å². The summed E-state index contributed by atoms with van der Waals surface area (Å²) in [5.74, 6) is 0.609. The van der Waals surface area contributed by atoms with Gasteiger partial charge < -0.3 is 20.4 Å². The van der Waals surface area contributed by atoms with Crippen molar-refractivity contribution in [1.82, 2.24) is 15.5 Å². The molecule has 2 heterocycles. The number of anilines is 1. The molecule has 1 aliphatic heterocycles. The molecular weight excluding hydrogens is 432 g/mol. The normalized spacial score (nSPS) is 17.8. The van der Waals surface area contributed by atoms with E-state index in [9.17, 15) is 14.4 Å². The minimum atomic E-state index is -0.276. The first-order valence-corrected chi connectivity index (χ1v) is 12.3. The largest absolute Gasteiger partial charge is 0.467 e. The van der Waals surface area contributed by atoms with E-state index < -0.39 is 0 Å². The van der Waals surface area contributed by atoms with Crippen LogP contribution in [0.5, 0.6) is 0 Å². The molecule has 2 aromatic rings. The molecule has 1 saturated heterocycles. The van der Waals surface area contributed by atoms with Crippen molar-refractivity contribution in [2.45, 2.75) is 57.5 Å². The predicted octanol–water partition coefficient (Wildman–Crippen LogP) is 3.31. The summed E-state index contributed by atoms with van der Waals surface area (Å²) in [6.45, 7) is 2.05. The Labute approximate surface area is 200 Å². The Morgan fingerprint density at radius 1 is 0.941 bits per heavy atom. The third kappa shape index (κ3) is 6.70. The summed E-state index contributed by atoms with van der Waals surface area (Å²) in [5.41, 5.74) is 0.894. The van der Waals surface area contributed by atoms with E-state index in [-0.39, 0.29) is 42.8 Å². The number of para-hydroxylation sites is 1. The van der Waals surface area contributed by atoms with Gasteiger partial charge in [0.25, 0.3) is 5.91 Å². The highest BCUT2D eigenvalue weighted by Gasteiger charge is 2.26. The maximum Gasteiger partial charge on any atom is 0.253 e. The predicted molar refractivity (Wildman–Crippen MR) is 129 cm³/mol. The van der Waals surface area contributed by atoms with E-state index in [1.807, 2.05) is 0 Å². The third-order valence-corrected chi connectivity index (χ3v) is 6.73. The molecule has 3 N–H and O–H groups in total. The van der Waals surface area contributed by atoms with Crippen LogP contribution in [0.4, 0.5) is 5.69 Å². The van der Waals surface area contributed by atoms with Crippen LogP contribution < -0.4 is 16.0 Å². The van der Waals surface area contributed by atoms with Gasteiger partial charge in [0, 0.05) is 25.0 Å². The van der Waals surface area contributed by atoms with Crippen LogP contribution in [0.1, 0.15) is 61.1 Å². The first kappa shape index (κ1) is 24.0. The molecular formula is C26H34N4O4. The number of hydrogen-bond acceptors (Lipinski definition) is 5. The summed E-state index contributed by atoms with van der Waals surface area (Å²) in [6, 6.07) is 10.7. The average Bonchev–Trinajstić information content (AvgIpc) is 3.38. The van der Waals surface area contributed by atoms with Crippen molar-refractivity contribution in [3.63, 3.8) is 0 Å². The van der Waals surface area contributed by atoms with Gasteiger partial charge in [-0.05, 0) is 49.9 Å². The number of benzene rings is 1. The summed E-state index contributed by atoms with van der Waals surface area (Å²) in [7, 11) is 0. The van der Waals surface area contributed by atoms with Crippen LogP contribution in [0, 0.1) is 5.92 Å². The standard InChI is InChI=1S/C26H34N4O4/c31-24(18-30-14-12-20(13-15-30)28-25(32)19-7-2-1-3-8-19)29-23-11-5-4-10-22(23)26(33)27-17-21-9-6-16-34-21/h4-6,9-11,16,19-20H,1-3,7-8,12-15,17-18H2,(H,27,33)(H,28,32)(H,29,31). The van der Waals surface area contributed by atoms with Gasteiger partial charge in [-0.1, -0.05) is 31.4 Å². The Balaban J connectivity index is 1.22. The number of carbonyl (C=O) groups excluding carboxylic acids is 3. The molecule has 1 aromatic heterocycles. The van der Waals surface area contributed by atoms with Gasteiger partial charge >= 0.3 is 0 Å². The Kier molecular flexibility index (Phi) is 8.36. The van der Waals surface area contributed by atoms with E-state index >= 15 is 0 Å². The van der Waals surface area contributed by atoms with Gasteiger partial charge in [-0.25, -0.2) is 0 Å².